The van der Waals surface area contributed by atoms with Crippen molar-refractivity contribution < 1.29 is 0 Å². The van der Waals surface area contributed by atoms with Gasteiger partial charge in [0.25, 0.3) is 0 Å². The molecule has 0 aliphatic rings. The van der Waals surface area contributed by atoms with E-state index < -0.39 is 0 Å². The van der Waals surface area contributed by atoms with Crippen LogP contribution in [0.2, 0.25) is 0 Å². The van der Waals surface area contributed by atoms with Crippen LogP contribution in [0.4, 0.5) is 11.4 Å². The van der Waals surface area contributed by atoms with Crippen molar-refractivity contribution in [2.45, 2.75) is 6.92 Å². The predicted molar refractivity (Wildman–Crippen MR) is 88.6 cm³/mol. The number of nitrogens with one attached hydrogen (secondary N) is 1. The van der Waals surface area contributed by atoms with Crippen LogP contribution in [0.15, 0.2) is 53.1 Å². The minimum atomic E-state index is 0.538. The largest absolute Gasteiger partial charge is 0.354 e. The molecule has 4 heteroatoms. The number of aromatic nitrogens is 1. The minimum absolute atomic E-state index is 0.538. The SMILES string of the molecule is Cc1cc(Br)ccc1Nc1c(C#N)cnc2ccccc12. The van der Waals surface area contributed by atoms with E-state index in [1.165, 1.54) is 0 Å². The molecule has 0 aliphatic heterocycles. The lowest BCUT2D eigenvalue weighted by Crippen LogP contribution is -1.98. The van der Waals surface area contributed by atoms with Crippen LogP contribution >= 0.6 is 15.9 Å². The summed E-state index contributed by atoms with van der Waals surface area (Å²) in [5.74, 6) is 0. The number of hydrogen-bond acceptors (Lipinski definition) is 3. The van der Waals surface area contributed by atoms with Crippen LogP contribution < -0.4 is 5.32 Å². The Bertz CT molecular complexity index is 866. The monoisotopic (exact) mass is 337 g/mol. The van der Waals surface area contributed by atoms with Gasteiger partial charge in [-0.1, -0.05) is 34.1 Å². The molecule has 102 valence electrons. The van der Waals surface area contributed by atoms with Crippen molar-refractivity contribution in [1.82, 2.24) is 4.98 Å². The average molecular weight is 338 g/mol. The summed E-state index contributed by atoms with van der Waals surface area (Å²) in [6, 6.07) is 16.0. The predicted octanol–water partition coefficient (Wildman–Crippen LogP) is 4.92. The molecule has 0 unspecified atom stereocenters. The molecule has 0 saturated carbocycles. The van der Waals surface area contributed by atoms with Crippen LogP contribution in [0, 0.1) is 18.3 Å². The molecule has 0 saturated heterocycles. The lowest BCUT2D eigenvalue weighted by molar-refractivity contribution is 1.35. The molecule has 0 fully saturated rings. The zero-order valence-corrected chi connectivity index (χ0v) is 13.0. The third-order valence-electron chi connectivity index (χ3n) is 3.34. The number of para-hydroxylation sites is 1. The number of anilines is 2. The van der Waals surface area contributed by atoms with Gasteiger partial charge >= 0.3 is 0 Å². The van der Waals surface area contributed by atoms with Gasteiger partial charge in [0.15, 0.2) is 0 Å². The van der Waals surface area contributed by atoms with Gasteiger partial charge in [0, 0.05) is 21.7 Å². The highest BCUT2D eigenvalue weighted by Gasteiger charge is 2.10. The Morgan fingerprint density at radius 3 is 2.76 bits per heavy atom. The van der Waals surface area contributed by atoms with E-state index in [0.717, 1.165) is 32.3 Å². The topological polar surface area (TPSA) is 48.7 Å². The van der Waals surface area contributed by atoms with Crippen LogP contribution in [0.25, 0.3) is 10.9 Å². The highest BCUT2D eigenvalue weighted by molar-refractivity contribution is 9.10. The van der Waals surface area contributed by atoms with E-state index in [2.05, 4.69) is 32.3 Å². The minimum Gasteiger partial charge on any atom is -0.354 e. The van der Waals surface area contributed by atoms with Crippen LogP contribution in [-0.2, 0) is 0 Å². The van der Waals surface area contributed by atoms with Crippen molar-refractivity contribution in [3.63, 3.8) is 0 Å². The molecule has 3 aromatic rings. The average Bonchev–Trinajstić information content (AvgIpc) is 2.50. The first kappa shape index (κ1) is 13.6. The van der Waals surface area contributed by atoms with E-state index in [-0.39, 0.29) is 0 Å². The molecule has 1 aromatic heterocycles. The molecular formula is C17H12BrN3. The van der Waals surface area contributed by atoms with E-state index in [4.69, 9.17) is 0 Å². The van der Waals surface area contributed by atoms with Gasteiger partial charge in [-0.2, -0.15) is 5.26 Å². The molecule has 0 aliphatic carbocycles. The summed E-state index contributed by atoms with van der Waals surface area (Å²) in [7, 11) is 0. The van der Waals surface area contributed by atoms with Crippen LogP contribution in [0.1, 0.15) is 11.1 Å². The van der Waals surface area contributed by atoms with Crippen molar-refractivity contribution in [2.75, 3.05) is 5.32 Å². The van der Waals surface area contributed by atoms with Gasteiger partial charge < -0.3 is 5.32 Å². The van der Waals surface area contributed by atoms with E-state index in [9.17, 15) is 5.26 Å². The van der Waals surface area contributed by atoms with Crippen molar-refractivity contribution in [3.8, 4) is 6.07 Å². The third kappa shape index (κ3) is 2.61. The van der Waals surface area contributed by atoms with Crippen LogP contribution in [0.3, 0.4) is 0 Å². The molecule has 1 N–H and O–H groups in total. The number of aryl methyl sites for hydroxylation is 1. The maximum atomic E-state index is 9.33. The number of fused-ring (bicyclic) bond motifs is 1. The Labute approximate surface area is 131 Å². The molecule has 3 nitrogen and oxygen atoms in total. The second-order valence-corrected chi connectivity index (χ2v) is 5.68. The molecule has 0 amide bonds. The highest BCUT2D eigenvalue weighted by Crippen LogP contribution is 2.30. The summed E-state index contributed by atoms with van der Waals surface area (Å²) in [4.78, 5) is 4.32. The Morgan fingerprint density at radius 1 is 1.19 bits per heavy atom. The zero-order valence-electron chi connectivity index (χ0n) is 11.4. The summed E-state index contributed by atoms with van der Waals surface area (Å²) >= 11 is 3.46. The summed E-state index contributed by atoms with van der Waals surface area (Å²) in [5.41, 5.74) is 4.29. The number of benzene rings is 2. The van der Waals surface area contributed by atoms with Crippen LogP contribution in [0.5, 0.6) is 0 Å². The van der Waals surface area contributed by atoms with Gasteiger partial charge in [0.05, 0.1) is 16.8 Å². The first-order chi connectivity index (χ1) is 10.2. The van der Waals surface area contributed by atoms with E-state index in [0.29, 0.717) is 5.56 Å². The zero-order chi connectivity index (χ0) is 14.8. The van der Waals surface area contributed by atoms with Crippen LogP contribution in [-0.4, -0.2) is 4.98 Å². The van der Waals surface area contributed by atoms with E-state index in [1.807, 2.05) is 49.4 Å². The van der Waals surface area contributed by atoms with Gasteiger partial charge in [0.2, 0.25) is 0 Å². The summed E-state index contributed by atoms with van der Waals surface area (Å²) < 4.78 is 1.03. The van der Waals surface area contributed by atoms with E-state index >= 15 is 0 Å². The molecule has 0 spiro atoms. The number of halogens is 1. The van der Waals surface area contributed by atoms with Gasteiger partial charge in [-0.3, -0.25) is 4.98 Å². The number of pyridine rings is 1. The lowest BCUT2D eigenvalue weighted by Gasteiger charge is -2.13. The molecule has 0 atom stereocenters. The second kappa shape index (κ2) is 5.55. The number of hydrogen-bond donors (Lipinski definition) is 1. The normalized spacial score (nSPS) is 10.3. The van der Waals surface area contributed by atoms with Crippen molar-refractivity contribution in [2.24, 2.45) is 0 Å². The highest BCUT2D eigenvalue weighted by atomic mass is 79.9. The second-order valence-electron chi connectivity index (χ2n) is 4.76. The fourth-order valence-electron chi connectivity index (χ4n) is 2.26. The van der Waals surface area contributed by atoms with E-state index in [1.54, 1.807) is 6.20 Å². The quantitative estimate of drug-likeness (QED) is 0.721. The standard InChI is InChI=1S/C17H12BrN3/c1-11-8-13(18)6-7-15(11)21-17-12(9-19)10-20-16-5-3-2-4-14(16)17/h2-8,10H,1H3,(H,20,21). The molecule has 3 rings (SSSR count). The number of rotatable bonds is 2. The Kier molecular flexibility index (Phi) is 3.59. The molecule has 21 heavy (non-hydrogen) atoms. The molecule has 1 heterocycles. The summed E-state index contributed by atoms with van der Waals surface area (Å²) in [6.07, 6.45) is 1.61. The molecule has 0 radical (unpaired) electrons. The lowest BCUT2D eigenvalue weighted by atomic mass is 10.1. The Morgan fingerprint density at radius 2 is 2.00 bits per heavy atom. The molecule has 0 bridgehead atoms. The Balaban J connectivity index is 2.17. The van der Waals surface area contributed by atoms with Gasteiger partial charge in [-0.15, -0.1) is 0 Å². The van der Waals surface area contributed by atoms with Crippen molar-refractivity contribution in [1.29, 1.82) is 5.26 Å². The maximum Gasteiger partial charge on any atom is 0.103 e. The van der Waals surface area contributed by atoms with Crippen molar-refractivity contribution >= 4 is 38.2 Å². The maximum absolute atomic E-state index is 9.33. The van der Waals surface area contributed by atoms with Gasteiger partial charge in [-0.05, 0) is 36.8 Å². The molecular weight excluding hydrogens is 326 g/mol. The van der Waals surface area contributed by atoms with Gasteiger partial charge in [-0.25, -0.2) is 0 Å². The fourth-order valence-corrected chi connectivity index (χ4v) is 2.74. The number of nitrogens with zero attached hydrogens (tertiary/aromatic N) is 2. The summed E-state index contributed by atoms with van der Waals surface area (Å²) in [6.45, 7) is 2.03. The smallest absolute Gasteiger partial charge is 0.103 e. The van der Waals surface area contributed by atoms with Crippen molar-refractivity contribution in [3.05, 3.63) is 64.3 Å². The third-order valence-corrected chi connectivity index (χ3v) is 3.84. The first-order valence-corrected chi connectivity index (χ1v) is 7.29. The number of nitriles is 1. The summed E-state index contributed by atoms with van der Waals surface area (Å²) in [5, 5.41) is 13.7. The fraction of sp³-hybridized carbons (Fsp3) is 0.0588. The Hall–Kier alpha value is -2.38. The van der Waals surface area contributed by atoms with Gasteiger partial charge in [0.1, 0.15) is 6.07 Å². The molecule has 2 aromatic carbocycles. The first-order valence-electron chi connectivity index (χ1n) is 6.50.